The number of rotatable bonds is 8. The van der Waals surface area contributed by atoms with Gasteiger partial charge in [-0.3, -0.25) is 4.79 Å². The Hall–Kier alpha value is -3.95. The standard InChI is InChI=1S/C29H29F3N4O3/c1-3-38-28(37)19-10-8-18(9-11-19)27-33-14-21(15-34-27)22-12-25-24(13-23(22)30)35-17(2)36(25)16-20-6-4-5-7-26(20)39-29(31)32/h4-7,12-15,18-19,29H,3,8-11,16H2,1-2H3. The van der Waals surface area contributed by atoms with E-state index in [9.17, 15) is 13.6 Å². The van der Waals surface area contributed by atoms with Gasteiger partial charge in [0.25, 0.3) is 0 Å². The van der Waals surface area contributed by atoms with Crippen LogP contribution < -0.4 is 4.74 Å². The van der Waals surface area contributed by atoms with Crippen LogP contribution in [0.1, 0.15) is 55.7 Å². The number of carbonyl (C=O) groups is 1. The number of imidazole rings is 1. The third kappa shape index (κ3) is 5.74. The highest BCUT2D eigenvalue weighted by atomic mass is 19.3. The minimum absolute atomic E-state index is 0.0800. The maximum Gasteiger partial charge on any atom is 0.387 e. The van der Waals surface area contributed by atoms with Crippen molar-refractivity contribution >= 4 is 17.0 Å². The van der Waals surface area contributed by atoms with E-state index in [-0.39, 0.29) is 30.1 Å². The van der Waals surface area contributed by atoms with Gasteiger partial charge in [-0.25, -0.2) is 19.3 Å². The molecule has 1 fully saturated rings. The van der Waals surface area contributed by atoms with Gasteiger partial charge in [-0.2, -0.15) is 8.78 Å². The highest BCUT2D eigenvalue weighted by Gasteiger charge is 2.29. The average Bonchev–Trinajstić information content (AvgIpc) is 3.22. The highest BCUT2D eigenvalue weighted by molar-refractivity contribution is 5.83. The topological polar surface area (TPSA) is 79.1 Å². The van der Waals surface area contributed by atoms with Gasteiger partial charge in [-0.15, -0.1) is 0 Å². The summed E-state index contributed by atoms with van der Waals surface area (Å²) >= 11 is 0. The number of nitrogens with zero attached hydrogens (tertiary/aromatic N) is 4. The monoisotopic (exact) mass is 538 g/mol. The average molecular weight is 539 g/mol. The number of ether oxygens (including phenoxy) is 2. The minimum Gasteiger partial charge on any atom is -0.466 e. The summed E-state index contributed by atoms with van der Waals surface area (Å²) in [5.74, 6) is 0.825. The molecular formula is C29H29F3N4O3. The molecule has 1 aliphatic rings. The molecule has 0 atom stereocenters. The van der Waals surface area contributed by atoms with E-state index in [1.54, 1.807) is 50.5 Å². The maximum absolute atomic E-state index is 15.2. The van der Waals surface area contributed by atoms with Crippen LogP contribution in [0.15, 0.2) is 48.8 Å². The van der Waals surface area contributed by atoms with E-state index in [1.165, 1.54) is 12.1 Å². The summed E-state index contributed by atoms with van der Waals surface area (Å²) in [6.45, 7) is 1.25. The van der Waals surface area contributed by atoms with Gasteiger partial charge >= 0.3 is 12.6 Å². The van der Waals surface area contributed by atoms with Gasteiger partial charge in [0.2, 0.25) is 0 Å². The van der Waals surface area contributed by atoms with Crippen molar-refractivity contribution < 1.29 is 27.4 Å². The van der Waals surface area contributed by atoms with Crippen LogP contribution in [0.25, 0.3) is 22.2 Å². The van der Waals surface area contributed by atoms with Gasteiger partial charge in [-0.05, 0) is 51.7 Å². The van der Waals surface area contributed by atoms with Crippen LogP contribution in [0, 0.1) is 18.7 Å². The Bertz CT molecular complexity index is 1460. The van der Waals surface area contributed by atoms with Crippen LogP contribution >= 0.6 is 0 Å². The van der Waals surface area contributed by atoms with Crippen molar-refractivity contribution in [1.82, 2.24) is 19.5 Å². The third-order valence-corrected chi connectivity index (χ3v) is 7.24. The quantitative estimate of drug-likeness (QED) is 0.241. The van der Waals surface area contributed by atoms with Crippen LogP contribution in [-0.4, -0.2) is 38.7 Å². The van der Waals surface area contributed by atoms with Crippen molar-refractivity contribution in [2.45, 2.75) is 58.6 Å². The lowest BCUT2D eigenvalue weighted by molar-refractivity contribution is -0.149. The number of para-hydroxylation sites is 1. The van der Waals surface area contributed by atoms with E-state index in [0.29, 0.717) is 46.0 Å². The molecule has 10 heteroatoms. The first kappa shape index (κ1) is 26.6. The lowest BCUT2D eigenvalue weighted by Gasteiger charge is -2.26. The number of hydrogen-bond acceptors (Lipinski definition) is 6. The van der Waals surface area contributed by atoms with Crippen molar-refractivity contribution in [2.75, 3.05) is 6.61 Å². The van der Waals surface area contributed by atoms with E-state index >= 15 is 4.39 Å². The molecule has 1 saturated carbocycles. The highest BCUT2D eigenvalue weighted by Crippen LogP contribution is 2.36. The molecular weight excluding hydrogens is 509 g/mol. The smallest absolute Gasteiger partial charge is 0.387 e. The molecule has 1 aliphatic carbocycles. The summed E-state index contributed by atoms with van der Waals surface area (Å²) in [5.41, 5.74) is 2.49. The van der Waals surface area contributed by atoms with Crippen LogP contribution in [-0.2, 0) is 16.1 Å². The molecule has 0 aliphatic heterocycles. The van der Waals surface area contributed by atoms with E-state index < -0.39 is 12.4 Å². The normalized spacial score (nSPS) is 17.5. The molecule has 0 saturated heterocycles. The number of fused-ring (bicyclic) bond motifs is 1. The number of hydrogen-bond donors (Lipinski definition) is 0. The number of aromatic nitrogens is 4. The molecule has 0 N–H and O–H groups in total. The number of benzene rings is 2. The van der Waals surface area contributed by atoms with Crippen LogP contribution in [0.2, 0.25) is 0 Å². The predicted molar refractivity (Wildman–Crippen MR) is 139 cm³/mol. The molecule has 4 aromatic rings. The maximum atomic E-state index is 15.2. The second kappa shape index (κ2) is 11.4. The molecule has 39 heavy (non-hydrogen) atoms. The van der Waals surface area contributed by atoms with E-state index in [4.69, 9.17) is 4.74 Å². The van der Waals surface area contributed by atoms with Gasteiger partial charge in [0, 0.05) is 41.1 Å². The van der Waals surface area contributed by atoms with E-state index in [2.05, 4.69) is 19.7 Å². The molecule has 0 unspecified atom stereocenters. The zero-order valence-corrected chi connectivity index (χ0v) is 21.7. The van der Waals surface area contributed by atoms with E-state index in [1.807, 2.05) is 4.57 Å². The zero-order chi connectivity index (χ0) is 27.5. The van der Waals surface area contributed by atoms with Crippen LogP contribution in [0.4, 0.5) is 13.2 Å². The molecule has 2 aromatic heterocycles. The molecule has 0 bridgehead atoms. The second-order valence-corrected chi connectivity index (χ2v) is 9.68. The SMILES string of the molecule is CCOC(=O)C1CCC(c2ncc(-c3cc4c(cc3F)nc(C)n4Cc3ccccc3OC(F)F)cn2)CC1. The van der Waals surface area contributed by atoms with Gasteiger partial charge in [0.05, 0.1) is 30.1 Å². The molecule has 2 heterocycles. The molecule has 7 nitrogen and oxygen atoms in total. The Balaban J connectivity index is 1.39. The Labute approximate surface area is 224 Å². The van der Waals surface area contributed by atoms with Gasteiger partial charge in [0.15, 0.2) is 0 Å². The number of esters is 1. The fraction of sp³-hybridized carbons (Fsp3) is 0.379. The van der Waals surface area contributed by atoms with Crippen molar-refractivity contribution in [3.63, 3.8) is 0 Å². The van der Waals surface area contributed by atoms with Crippen molar-refractivity contribution in [3.05, 3.63) is 71.8 Å². The molecule has 0 spiro atoms. The first-order valence-corrected chi connectivity index (χ1v) is 13.0. The summed E-state index contributed by atoms with van der Waals surface area (Å²) in [6, 6.07) is 9.62. The van der Waals surface area contributed by atoms with Crippen molar-refractivity contribution in [1.29, 1.82) is 0 Å². The number of alkyl halides is 2. The molecule has 204 valence electrons. The lowest BCUT2D eigenvalue weighted by Crippen LogP contribution is -2.23. The Kier molecular flexibility index (Phi) is 7.81. The number of aryl methyl sites for hydroxylation is 1. The number of halogens is 3. The molecule has 0 amide bonds. The van der Waals surface area contributed by atoms with Crippen molar-refractivity contribution in [3.8, 4) is 16.9 Å². The van der Waals surface area contributed by atoms with Crippen LogP contribution in [0.5, 0.6) is 5.75 Å². The molecule has 0 radical (unpaired) electrons. The Morgan fingerprint density at radius 2 is 1.82 bits per heavy atom. The fourth-order valence-corrected chi connectivity index (χ4v) is 5.24. The fourth-order valence-electron chi connectivity index (χ4n) is 5.24. The predicted octanol–water partition coefficient (Wildman–Crippen LogP) is 6.43. The minimum atomic E-state index is -2.94. The van der Waals surface area contributed by atoms with E-state index in [0.717, 1.165) is 25.7 Å². The van der Waals surface area contributed by atoms with Crippen LogP contribution in [0.3, 0.4) is 0 Å². The summed E-state index contributed by atoms with van der Waals surface area (Å²) in [5, 5.41) is 0. The largest absolute Gasteiger partial charge is 0.466 e. The first-order valence-electron chi connectivity index (χ1n) is 13.0. The van der Waals surface area contributed by atoms with Gasteiger partial charge in [0.1, 0.15) is 23.2 Å². The Morgan fingerprint density at radius 3 is 2.51 bits per heavy atom. The number of carbonyl (C=O) groups excluding carboxylic acids is 1. The second-order valence-electron chi connectivity index (χ2n) is 9.68. The summed E-state index contributed by atoms with van der Waals surface area (Å²) in [4.78, 5) is 25.6. The van der Waals surface area contributed by atoms with Gasteiger partial charge in [-0.1, -0.05) is 18.2 Å². The first-order chi connectivity index (χ1) is 18.8. The molecule has 5 rings (SSSR count). The summed E-state index contributed by atoms with van der Waals surface area (Å²) in [6.07, 6.45) is 6.27. The summed E-state index contributed by atoms with van der Waals surface area (Å²) < 4.78 is 52.6. The lowest BCUT2D eigenvalue weighted by atomic mass is 9.81. The third-order valence-electron chi connectivity index (χ3n) is 7.24. The van der Waals surface area contributed by atoms with Gasteiger partial charge < -0.3 is 14.0 Å². The zero-order valence-electron chi connectivity index (χ0n) is 21.7. The van der Waals surface area contributed by atoms with Crippen molar-refractivity contribution in [2.24, 2.45) is 5.92 Å². The Morgan fingerprint density at radius 1 is 1.10 bits per heavy atom. The molecule has 2 aromatic carbocycles. The summed E-state index contributed by atoms with van der Waals surface area (Å²) in [7, 11) is 0.